The zero-order valence-corrected chi connectivity index (χ0v) is 16.6. The van der Waals surface area contributed by atoms with Crippen molar-refractivity contribution in [1.82, 2.24) is 0 Å². The molecule has 0 atom stereocenters. The lowest BCUT2D eigenvalue weighted by molar-refractivity contribution is 0.102. The van der Waals surface area contributed by atoms with Gasteiger partial charge in [0.1, 0.15) is 5.75 Å². The summed E-state index contributed by atoms with van der Waals surface area (Å²) in [5, 5.41) is 2.88. The Bertz CT molecular complexity index is 1160. The molecule has 0 unspecified atom stereocenters. The molecule has 0 aromatic heterocycles. The van der Waals surface area contributed by atoms with E-state index in [0.717, 1.165) is 5.56 Å². The molecule has 0 bridgehead atoms. The van der Waals surface area contributed by atoms with Gasteiger partial charge in [0.25, 0.3) is 5.91 Å². The first-order chi connectivity index (χ1) is 13.9. The molecule has 1 N–H and O–H groups in total. The lowest BCUT2D eigenvalue weighted by atomic mass is 10.1. The van der Waals surface area contributed by atoms with Gasteiger partial charge in [-0.25, -0.2) is 8.42 Å². The van der Waals surface area contributed by atoms with Crippen LogP contribution in [0.5, 0.6) is 11.5 Å². The smallest absolute Gasteiger partial charge is 0.255 e. The van der Waals surface area contributed by atoms with Gasteiger partial charge >= 0.3 is 0 Å². The number of para-hydroxylation sites is 3. The van der Waals surface area contributed by atoms with Crippen molar-refractivity contribution in [2.24, 2.45) is 0 Å². The number of carbonyl (C=O) groups excluding carboxylic acids is 1. The third-order valence-corrected chi connectivity index (χ3v) is 5.88. The monoisotopic (exact) mass is 408 g/mol. The maximum atomic E-state index is 12.8. The van der Waals surface area contributed by atoms with Crippen LogP contribution < -0.4 is 14.4 Å². The van der Waals surface area contributed by atoms with Crippen LogP contribution in [0.4, 0.5) is 11.4 Å². The number of sulfonamides is 1. The zero-order chi connectivity index (χ0) is 20.4. The van der Waals surface area contributed by atoms with E-state index in [9.17, 15) is 13.2 Å². The van der Waals surface area contributed by atoms with Crippen LogP contribution >= 0.6 is 0 Å². The number of nitrogens with zero attached hydrogens (tertiary/aromatic N) is 1. The van der Waals surface area contributed by atoms with Crippen LogP contribution in [-0.2, 0) is 16.4 Å². The third kappa shape index (κ3) is 4.09. The first-order valence-electron chi connectivity index (χ1n) is 9.16. The highest BCUT2D eigenvalue weighted by atomic mass is 32.2. The van der Waals surface area contributed by atoms with E-state index in [1.54, 1.807) is 30.3 Å². The van der Waals surface area contributed by atoms with Crippen molar-refractivity contribution in [3.63, 3.8) is 0 Å². The van der Waals surface area contributed by atoms with Crippen molar-refractivity contribution in [2.45, 2.75) is 6.42 Å². The Morgan fingerprint density at radius 1 is 1.00 bits per heavy atom. The van der Waals surface area contributed by atoms with Gasteiger partial charge in [-0.05, 0) is 54.4 Å². The molecule has 148 valence electrons. The Kier molecular flexibility index (Phi) is 4.98. The van der Waals surface area contributed by atoms with Gasteiger partial charge in [0, 0.05) is 12.1 Å². The fourth-order valence-electron chi connectivity index (χ4n) is 3.33. The number of ether oxygens (including phenoxy) is 1. The maximum Gasteiger partial charge on any atom is 0.255 e. The molecule has 0 fully saturated rings. The summed E-state index contributed by atoms with van der Waals surface area (Å²) in [6, 6.07) is 21.6. The summed E-state index contributed by atoms with van der Waals surface area (Å²) in [7, 11) is -3.32. The van der Waals surface area contributed by atoms with E-state index < -0.39 is 10.0 Å². The van der Waals surface area contributed by atoms with Crippen molar-refractivity contribution >= 4 is 27.3 Å². The van der Waals surface area contributed by atoms with E-state index in [-0.39, 0.29) is 5.91 Å². The van der Waals surface area contributed by atoms with Gasteiger partial charge in [-0.3, -0.25) is 9.10 Å². The second-order valence-corrected chi connectivity index (χ2v) is 8.70. The molecule has 1 amide bonds. The predicted octanol–water partition coefficient (Wildman–Crippen LogP) is 4.05. The van der Waals surface area contributed by atoms with E-state index in [1.807, 2.05) is 42.5 Å². The SMILES string of the molecule is CS(=O)(=O)N1CCc2cc(C(=O)Nc3ccccc3Oc3ccccc3)ccc21. The quantitative estimate of drug-likeness (QED) is 0.691. The van der Waals surface area contributed by atoms with Gasteiger partial charge in [0.2, 0.25) is 10.0 Å². The summed E-state index contributed by atoms with van der Waals surface area (Å²) in [6.07, 6.45) is 1.77. The van der Waals surface area contributed by atoms with Crippen LogP contribution in [0.2, 0.25) is 0 Å². The summed E-state index contributed by atoms with van der Waals surface area (Å²) < 4.78 is 31.0. The van der Waals surface area contributed by atoms with Crippen LogP contribution in [-0.4, -0.2) is 27.1 Å². The molecule has 1 aliphatic rings. The lowest BCUT2D eigenvalue weighted by Gasteiger charge is -2.16. The lowest BCUT2D eigenvalue weighted by Crippen LogP contribution is -2.27. The second kappa shape index (κ2) is 7.60. The number of fused-ring (bicyclic) bond motifs is 1. The van der Waals surface area contributed by atoms with E-state index in [4.69, 9.17) is 4.74 Å². The second-order valence-electron chi connectivity index (χ2n) is 6.79. The average Bonchev–Trinajstić information content (AvgIpc) is 3.14. The van der Waals surface area contributed by atoms with Crippen molar-refractivity contribution < 1.29 is 17.9 Å². The Balaban J connectivity index is 1.55. The molecule has 0 saturated carbocycles. The largest absolute Gasteiger partial charge is 0.455 e. The standard InChI is InChI=1S/C22H20N2O4S/c1-29(26,27)24-14-13-16-15-17(11-12-20(16)24)22(25)23-19-9-5-6-10-21(19)28-18-7-3-2-4-8-18/h2-12,15H,13-14H2,1H3,(H,23,25). The fraction of sp³-hybridized carbons (Fsp3) is 0.136. The topological polar surface area (TPSA) is 75.7 Å². The Labute approximate surface area is 169 Å². The van der Waals surface area contributed by atoms with Gasteiger partial charge in [-0.15, -0.1) is 0 Å². The summed E-state index contributed by atoms with van der Waals surface area (Å²) in [4.78, 5) is 12.8. The van der Waals surface area contributed by atoms with Crippen LogP contribution in [0.25, 0.3) is 0 Å². The average molecular weight is 408 g/mol. The van der Waals surface area contributed by atoms with Gasteiger partial charge in [-0.2, -0.15) is 0 Å². The number of hydrogen-bond donors (Lipinski definition) is 1. The summed E-state index contributed by atoms with van der Waals surface area (Å²) in [6.45, 7) is 0.396. The molecule has 1 aliphatic heterocycles. The van der Waals surface area contributed by atoms with Crippen LogP contribution in [0.3, 0.4) is 0 Å². The highest BCUT2D eigenvalue weighted by molar-refractivity contribution is 7.92. The number of benzene rings is 3. The molecule has 7 heteroatoms. The first kappa shape index (κ1) is 19.0. The van der Waals surface area contributed by atoms with Crippen molar-refractivity contribution in [3.05, 3.63) is 83.9 Å². The van der Waals surface area contributed by atoms with E-state index in [1.165, 1.54) is 10.6 Å². The Morgan fingerprint density at radius 2 is 1.72 bits per heavy atom. The molecule has 3 aromatic carbocycles. The van der Waals surface area contributed by atoms with Gasteiger partial charge in [0.15, 0.2) is 5.75 Å². The van der Waals surface area contributed by atoms with Gasteiger partial charge in [-0.1, -0.05) is 30.3 Å². The van der Waals surface area contributed by atoms with E-state index in [2.05, 4.69) is 5.32 Å². The van der Waals surface area contributed by atoms with Crippen molar-refractivity contribution in [1.29, 1.82) is 0 Å². The van der Waals surface area contributed by atoms with Crippen molar-refractivity contribution in [2.75, 3.05) is 22.4 Å². The minimum absolute atomic E-state index is 0.283. The highest BCUT2D eigenvalue weighted by Gasteiger charge is 2.26. The number of nitrogens with one attached hydrogen (secondary N) is 1. The maximum absolute atomic E-state index is 12.8. The minimum atomic E-state index is -3.32. The molecule has 1 heterocycles. The van der Waals surface area contributed by atoms with Gasteiger partial charge < -0.3 is 10.1 Å². The van der Waals surface area contributed by atoms with Crippen LogP contribution in [0.15, 0.2) is 72.8 Å². The summed E-state index contributed by atoms with van der Waals surface area (Å²) in [5.41, 5.74) is 2.50. The van der Waals surface area contributed by atoms with Gasteiger partial charge in [0.05, 0.1) is 17.6 Å². The summed E-state index contributed by atoms with van der Waals surface area (Å²) >= 11 is 0. The molecule has 3 aromatic rings. The molecular weight excluding hydrogens is 388 g/mol. The zero-order valence-electron chi connectivity index (χ0n) is 15.8. The normalized spacial score (nSPS) is 13.1. The fourth-order valence-corrected chi connectivity index (χ4v) is 4.28. The molecule has 0 aliphatic carbocycles. The van der Waals surface area contributed by atoms with E-state index >= 15 is 0 Å². The first-order valence-corrected chi connectivity index (χ1v) is 11.0. The molecule has 6 nitrogen and oxygen atoms in total. The number of amides is 1. The molecule has 4 rings (SSSR count). The molecular formula is C22H20N2O4S. The Hall–Kier alpha value is -3.32. The summed E-state index contributed by atoms with van der Waals surface area (Å²) in [5.74, 6) is 0.929. The predicted molar refractivity (Wildman–Crippen MR) is 113 cm³/mol. The molecule has 0 radical (unpaired) electrons. The van der Waals surface area contributed by atoms with Crippen LogP contribution in [0.1, 0.15) is 15.9 Å². The molecule has 29 heavy (non-hydrogen) atoms. The number of carbonyl (C=O) groups is 1. The minimum Gasteiger partial charge on any atom is -0.455 e. The number of rotatable bonds is 5. The molecule has 0 spiro atoms. The van der Waals surface area contributed by atoms with Crippen LogP contribution in [0, 0.1) is 0 Å². The van der Waals surface area contributed by atoms with Crippen molar-refractivity contribution in [3.8, 4) is 11.5 Å². The Morgan fingerprint density at radius 3 is 2.48 bits per heavy atom. The van der Waals surface area contributed by atoms with E-state index in [0.29, 0.717) is 41.4 Å². The number of hydrogen-bond acceptors (Lipinski definition) is 4. The third-order valence-electron chi connectivity index (χ3n) is 4.70. The molecule has 0 saturated heterocycles. The highest BCUT2D eigenvalue weighted by Crippen LogP contribution is 2.32. The number of anilines is 2.